The largest absolute Gasteiger partial charge is 0.303 e. The lowest BCUT2D eigenvalue weighted by Crippen LogP contribution is -2.48. The van der Waals surface area contributed by atoms with Gasteiger partial charge >= 0.3 is 0 Å². The van der Waals surface area contributed by atoms with Gasteiger partial charge in [0.25, 0.3) is 0 Å². The summed E-state index contributed by atoms with van der Waals surface area (Å²) in [6.45, 7) is 2.49. The van der Waals surface area contributed by atoms with Crippen molar-refractivity contribution in [3.05, 3.63) is 66.0 Å². The van der Waals surface area contributed by atoms with E-state index in [1.807, 2.05) is 6.07 Å². The molecule has 0 spiro atoms. The third-order valence-electron chi connectivity index (χ3n) is 6.19. The zero-order valence-corrected chi connectivity index (χ0v) is 18.4. The second kappa shape index (κ2) is 9.59. The minimum atomic E-state index is -3.47. The van der Waals surface area contributed by atoms with E-state index < -0.39 is 10.0 Å². The van der Waals surface area contributed by atoms with Gasteiger partial charge in [0.05, 0.1) is 4.90 Å². The summed E-state index contributed by atoms with van der Waals surface area (Å²) in [4.78, 5) is 14.9. The standard InChI is InChI=1S/C24H29FN2O3S/c25-20-10-8-19(9-11-20)24(28)7-4-16-26-17-14-22(15-18-26)27(21-12-13-21)31(29,30)23-5-2-1-3-6-23/h1-3,5-6,8-11,21-22H,4,7,12-18H2. The van der Waals surface area contributed by atoms with E-state index in [0.717, 1.165) is 51.7 Å². The number of Topliss-reactive ketones (excluding diaryl/α,β-unsaturated/α-hetero) is 1. The van der Waals surface area contributed by atoms with Gasteiger partial charge < -0.3 is 4.90 Å². The van der Waals surface area contributed by atoms with E-state index in [2.05, 4.69) is 4.90 Å². The third kappa shape index (κ3) is 5.40. The average Bonchev–Trinajstić information content (AvgIpc) is 3.61. The van der Waals surface area contributed by atoms with Crippen LogP contribution in [-0.4, -0.2) is 55.1 Å². The summed E-state index contributed by atoms with van der Waals surface area (Å²) in [5.41, 5.74) is 0.548. The highest BCUT2D eigenvalue weighted by Crippen LogP contribution is 2.36. The van der Waals surface area contributed by atoms with Crippen LogP contribution in [0.25, 0.3) is 0 Å². The molecule has 2 aromatic rings. The molecule has 0 amide bonds. The minimum absolute atomic E-state index is 0.0312. The first-order chi connectivity index (χ1) is 14.9. The van der Waals surface area contributed by atoms with Gasteiger partial charge in [-0.05, 0) is 88.1 Å². The molecule has 1 saturated carbocycles. The summed E-state index contributed by atoms with van der Waals surface area (Å²) in [5, 5.41) is 0. The summed E-state index contributed by atoms with van der Waals surface area (Å²) >= 11 is 0. The summed E-state index contributed by atoms with van der Waals surface area (Å²) in [7, 11) is -3.47. The molecule has 0 radical (unpaired) electrons. The molecule has 2 aliphatic rings. The van der Waals surface area contributed by atoms with E-state index in [4.69, 9.17) is 0 Å². The van der Waals surface area contributed by atoms with Crippen molar-refractivity contribution in [2.45, 2.75) is 55.5 Å². The van der Waals surface area contributed by atoms with Crippen LogP contribution in [0.3, 0.4) is 0 Å². The van der Waals surface area contributed by atoms with Gasteiger partial charge in [0.2, 0.25) is 10.0 Å². The molecule has 1 saturated heterocycles. The van der Waals surface area contributed by atoms with Gasteiger partial charge in [0, 0.05) is 24.1 Å². The van der Waals surface area contributed by atoms with Crippen molar-refractivity contribution in [3.8, 4) is 0 Å². The number of sulfonamides is 1. The van der Waals surface area contributed by atoms with Crippen molar-refractivity contribution in [2.24, 2.45) is 0 Å². The van der Waals surface area contributed by atoms with Crippen molar-refractivity contribution in [2.75, 3.05) is 19.6 Å². The first kappa shape index (κ1) is 22.1. The number of benzene rings is 2. The predicted octanol–water partition coefficient (Wildman–Crippen LogP) is 4.11. The van der Waals surface area contributed by atoms with Crippen molar-refractivity contribution in [3.63, 3.8) is 0 Å². The molecule has 4 rings (SSSR count). The van der Waals surface area contributed by atoms with E-state index in [1.54, 1.807) is 28.6 Å². The van der Waals surface area contributed by atoms with Gasteiger partial charge in [-0.25, -0.2) is 12.8 Å². The Labute approximate surface area is 183 Å². The maximum atomic E-state index is 13.2. The Morgan fingerprint density at radius 2 is 1.55 bits per heavy atom. The Balaban J connectivity index is 1.28. The molecule has 2 fully saturated rings. The van der Waals surface area contributed by atoms with Crippen LogP contribution in [0.1, 0.15) is 48.9 Å². The van der Waals surface area contributed by atoms with E-state index in [9.17, 15) is 17.6 Å². The molecule has 7 heteroatoms. The van der Waals surface area contributed by atoms with E-state index in [-0.39, 0.29) is 23.7 Å². The normalized spacial score (nSPS) is 18.4. The topological polar surface area (TPSA) is 57.7 Å². The second-order valence-electron chi connectivity index (χ2n) is 8.49. The lowest BCUT2D eigenvalue weighted by molar-refractivity contribution is 0.0967. The van der Waals surface area contributed by atoms with Crippen LogP contribution in [0, 0.1) is 5.82 Å². The molecule has 2 aromatic carbocycles. The molecule has 5 nitrogen and oxygen atoms in total. The predicted molar refractivity (Wildman–Crippen MR) is 118 cm³/mol. The molecule has 1 aliphatic heterocycles. The summed E-state index contributed by atoms with van der Waals surface area (Å²) in [5.74, 6) is -0.308. The number of hydrogen-bond acceptors (Lipinski definition) is 4. The fraction of sp³-hybridized carbons (Fsp3) is 0.458. The van der Waals surface area contributed by atoms with Crippen molar-refractivity contribution < 1.29 is 17.6 Å². The van der Waals surface area contributed by atoms with Crippen molar-refractivity contribution in [1.82, 2.24) is 9.21 Å². The van der Waals surface area contributed by atoms with E-state index in [1.165, 1.54) is 24.3 Å². The highest BCUT2D eigenvalue weighted by molar-refractivity contribution is 7.89. The Kier molecular flexibility index (Phi) is 6.84. The van der Waals surface area contributed by atoms with Gasteiger partial charge in [0.15, 0.2) is 5.78 Å². The smallest absolute Gasteiger partial charge is 0.243 e. The summed E-state index contributed by atoms with van der Waals surface area (Å²) in [6.07, 6.45) is 4.69. The van der Waals surface area contributed by atoms with Gasteiger partial charge in [-0.3, -0.25) is 4.79 Å². The Bertz CT molecular complexity index is 983. The number of halogens is 1. The van der Waals surface area contributed by atoms with E-state index >= 15 is 0 Å². The zero-order valence-electron chi connectivity index (χ0n) is 17.6. The fourth-order valence-electron chi connectivity index (χ4n) is 4.37. The van der Waals surface area contributed by atoms with Crippen LogP contribution in [0.4, 0.5) is 4.39 Å². The Hall–Kier alpha value is -2.09. The summed E-state index contributed by atoms with van der Waals surface area (Å²) < 4.78 is 41.3. The lowest BCUT2D eigenvalue weighted by atomic mass is 10.0. The Morgan fingerprint density at radius 1 is 0.935 bits per heavy atom. The molecule has 0 unspecified atom stereocenters. The Morgan fingerprint density at radius 3 is 2.16 bits per heavy atom. The molecule has 0 aromatic heterocycles. The maximum absolute atomic E-state index is 13.2. The van der Waals surface area contributed by atoms with Crippen LogP contribution in [0.15, 0.2) is 59.5 Å². The SMILES string of the molecule is O=C(CCCN1CCC(N(C2CC2)S(=O)(=O)c2ccccc2)CC1)c1ccc(F)cc1. The minimum Gasteiger partial charge on any atom is -0.303 e. The van der Waals surface area contributed by atoms with Crippen molar-refractivity contribution >= 4 is 15.8 Å². The van der Waals surface area contributed by atoms with Crippen LogP contribution in [-0.2, 0) is 10.0 Å². The van der Waals surface area contributed by atoms with Crippen LogP contribution in [0.2, 0.25) is 0 Å². The van der Waals surface area contributed by atoms with Crippen molar-refractivity contribution in [1.29, 1.82) is 0 Å². The first-order valence-electron chi connectivity index (χ1n) is 11.0. The lowest BCUT2D eigenvalue weighted by Gasteiger charge is -2.38. The number of piperidine rings is 1. The molecule has 31 heavy (non-hydrogen) atoms. The molecule has 166 valence electrons. The number of carbonyl (C=O) groups is 1. The number of rotatable bonds is 9. The molecular weight excluding hydrogens is 415 g/mol. The molecule has 1 aliphatic carbocycles. The number of hydrogen-bond donors (Lipinski definition) is 0. The average molecular weight is 445 g/mol. The van der Waals surface area contributed by atoms with Crippen LogP contribution in [0.5, 0.6) is 0 Å². The fourth-order valence-corrected chi connectivity index (χ4v) is 6.33. The maximum Gasteiger partial charge on any atom is 0.243 e. The number of carbonyl (C=O) groups excluding carboxylic acids is 1. The third-order valence-corrected chi connectivity index (χ3v) is 8.21. The van der Waals surface area contributed by atoms with Gasteiger partial charge in [-0.1, -0.05) is 18.2 Å². The number of ketones is 1. The number of likely N-dealkylation sites (tertiary alicyclic amines) is 1. The van der Waals surface area contributed by atoms with Gasteiger partial charge in [-0.2, -0.15) is 4.31 Å². The highest BCUT2D eigenvalue weighted by atomic mass is 32.2. The first-order valence-corrected chi connectivity index (χ1v) is 12.5. The van der Waals surface area contributed by atoms with E-state index in [0.29, 0.717) is 16.9 Å². The molecule has 0 bridgehead atoms. The number of nitrogens with zero attached hydrogens (tertiary/aromatic N) is 2. The monoisotopic (exact) mass is 444 g/mol. The molecule has 1 heterocycles. The molecule has 0 N–H and O–H groups in total. The second-order valence-corrected chi connectivity index (χ2v) is 10.3. The van der Waals surface area contributed by atoms with Crippen LogP contribution < -0.4 is 0 Å². The van der Waals surface area contributed by atoms with Gasteiger partial charge in [0.1, 0.15) is 5.82 Å². The molecular formula is C24H29FN2O3S. The molecule has 0 atom stereocenters. The summed E-state index contributed by atoms with van der Waals surface area (Å²) in [6, 6.07) is 14.6. The zero-order chi connectivity index (χ0) is 21.8. The highest BCUT2D eigenvalue weighted by Gasteiger charge is 2.43. The van der Waals surface area contributed by atoms with Crippen LogP contribution >= 0.6 is 0 Å². The quantitative estimate of drug-likeness (QED) is 0.547. The van der Waals surface area contributed by atoms with Gasteiger partial charge in [-0.15, -0.1) is 0 Å².